The maximum absolute atomic E-state index is 3.41. The Morgan fingerprint density at radius 3 is 2.92 bits per heavy atom. The summed E-state index contributed by atoms with van der Waals surface area (Å²) in [6.45, 7) is 5.01. The van der Waals surface area contributed by atoms with Crippen LogP contribution < -0.4 is 5.32 Å². The highest BCUT2D eigenvalue weighted by atomic mass is 127. The van der Waals surface area contributed by atoms with Crippen molar-refractivity contribution < 1.29 is 0 Å². The van der Waals surface area contributed by atoms with Gasteiger partial charge in [0, 0.05) is 61.1 Å². The van der Waals surface area contributed by atoms with E-state index < -0.39 is 0 Å². The fraction of sp³-hybridized carbons (Fsp3) is 1.00. The normalized spacial score (nSPS) is 38.5. The molecule has 2 rings (SSSR count). The third-order valence-electron chi connectivity index (χ3n) is 3.05. The summed E-state index contributed by atoms with van der Waals surface area (Å²) < 4.78 is 2.41. The number of fused-ring (bicyclic) bond motifs is 1. The molecule has 2 unspecified atom stereocenters. The average Bonchev–Trinajstić information content (AvgIpc) is 2.46. The van der Waals surface area contributed by atoms with Gasteiger partial charge in [0.2, 0.25) is 0 Å². The number of nitrogens with one attached hydrogen (secondary N) is 1. The van der Waals surface area contributed by atoms with E-state index in [1.165, 1.54) is 32.6 Å². The molecule has 0 aliphatic carbocycles. The van der Waals surface area contributed by atoms with Crippen LogP contribution in [0.4, 0.5) is 0 Å². The lowest BCUT2D eigenvalue weighted by Gasteiger charge is -2.36. The van der Waals surface area contributed by atoms with E-state index in [1.54, 1.807) is 0 Å². The molecule has 2 aliphatic rings. The van der Waals surface area contributed by atoms with E-state index in [1.807, 2.05) is 0 Å². The Morgan fingerprint density at radius 1 is 1.33 bits per heavy atom. The Bertz CT molecular complexity index is 158. The number of hydrogen-bond donors (Lipinski definition) is 1. The minimum atomic E-state index is 0.725. The molecule has 0 saturated carbocycles. The summed E-state index contributed by atoms with van der Waals surface area (Å²) >= 11 is 2.44. The molecule has 0 aromatic heterocycles. The van der Waals surface area contributed by atoms with Crippen molar-refractivity contribution in [1.29, 1.82) is 0 Å². The quantitative estimate of drug-likeness (QED) is 0.551. The van der Waals surface area contributed by atoms with Crippen LogP contribution in [0.2, 0.25) is 0 Å². The van der Waals surface area contributed by atoms with Crippen LogP contribution in [0.5, 0.6) is 0 Å². The van der Waals surface area contributed by atoms with Crippen molar-refractivity contribution in [3.63, 3.8) is 0 Å². The second kappa shape index (κ2) is 3.77. The van der Waals surface area contributed by atoms with Gasteiger partial charge >= 0.3 is 0 Å². The number of nitrogens with zero attached hydrogens (tertiary/aromatic N) is 2. The lowest BCUT2D eigenvalue weighted by atomic mass is 10.1. The molecule has 12 heavy (non-hydrogen) atoms. The Hall–Kier alpha value is 0.610. The van der Waals surface area contributed by atoms with Gasteiger partial charge in [-0.1, -0.05) is 0 Å². The highest BCUT2D eigenvalue weighted by Gasteiger charge is 2.36. The van der Waals surface area contributed by atoms with Gasteiger partial charge in [-0.25, -0.2) is 3.11 Å². The van der Waals surface area contributed by atoms with Crippen molar-refractivity contribution in [2.24, 2.45) is 0 Å². The first-order valence-electron chi connectivity index (χ1n) is 4.63. The first-order valence-corrected chi connectivity index (χ1v) is 5.60. The predicted octanol–water partition coefficient (Wildman–Crippen LogP) is 0.314. The van der Waals surface area contributed by atoms with Crippen molar-refractivity contribution in [2.75, 3.05) is 33.2 Å². The molecule has 2 fully saturated rings. The zero-order valence-electron chi connectivity index (χ0n) is 7.46. The van der Waals surface area contributed by atoms with Gasteiger partial charge in [0.15, 0.2) is 0 Å². The molecule has 2 atom stereocenters. The molecule has 2 saturated heterocycles. The molecule has 0 aromatic carbocycles. The highest BCUT2D eigenvalue weighted by Crippen LogP contribution is 2.23. The predicted molar refractivity (Wildman–Crippen MR) is 58.4 cm³/mol. The van der Waals surface area contributed by atoms with Crippen molar-refractivity contribution in [2.45, 2.75) is 18.5 Å². The zero-order valence-corrected chi connectivity index (χ0v) is 9.62. The highest BCUT2D eigenvalue weighted by molar-refractivity contribution is 14.1. The number of likely N-dealkylation sites (N-methyl/N-ethyl adjacent to an activating group) is 1. The summed E-state index contributed by atoms with van der Waals surface area (Å²) in [4.78, 5) is 2.62. The van der Waals surface area contributed by atoms with Gasteiger partial charge in [-0.15, -0.1) is 0 Å². The molecule has 0 radical (unpaired) electrons. The Kier molecular flexibility index (Phi) is 2.89. The topological polar surface area (TPSA) is 18.5 Å². The van der Waals surface area contributed by atoms with E-state index in [0.29, 0.717) is 0 Å². The first kappa shape index (κ1) is 9.18. The van der Waals surface area contributed by atoms with Crippen LogP contribution in [0.15, 0.2) is 0 Å². The van der Waals surface area contributed by atoms with Gasteiger partial charge in [0.05, 0.1) is 0 Å². The van der Waals surface area contributed by atoms with Gasteiger partial charge in [-0.3, -0.25) is 4.90 Å². The summed E-state index contributed by atoms with van der Waals surface area (Å²) in [5, 5.41) is 3.41. The molecule has 3 nitrogen and oxygen atoms in total. The summed E-state index contributed by atoms with van der Waals surface area (Å²) in [7, 11) is 2.08. The third kappa shape index (κ3) is 1.62. The van der Waals surface area contributed by atoms with Gasteiger partial charge in [0.1, 0.15) is 0 Å². The SMILES string of the molecule is CNC1CCN2CCN(I)CC12. The molecular formula is C8H16IN3. The monoisotopic (exact) mass is 281 g/mol. The lowest BCUT2D eigenvalue weighted by Crippen LogP contribution is -2.52. The fourth-order valence-corrected chi connectivity index (χ4v) is 2.93. The standard InChI is InChI=1S/C8H16IN3/c1-10-7-2-3-11-4-5-12(9)6-8(7)11/h7-8,10H,2-6H2,1H3. The molecule has 0 bridgehead atoms. The van der Waals surface area contributed by atoms with Crippen LogP contribution in [0.3, 0.4) is 0 Å². The first-order chi connectivity index (χ1) is 5.81. The Morgan fingerprint density at radius 2 is 2.17 bits per heavy atom. The summed E-state index contributed by atoms with van der Waals surface area (Å²) in [6.07, 6.45) is 1.33. The molecule has 0 spiro atoms. The van der Waals surface area contributed by atoms with E-state index in [9.17, 15) is 0 Å². The molecule has 4 heteroatoms. The number of hydrogen-bond acceptors (Lipinski definition) is 3. The van der Waals surface area contributed by atoms with Gasteiger partial charge in [-0.2, -0.15) is 0 Å². The number of halogens is 1. The van der Waals surface area contributed by atoms with Crippen LogP contribution in [0.25, 0.3) is 0 Å². The molecule has 2 heterocycles. The summed E-state index contributed by atoms with van der Waals surface area (Å²) in [5.74, 6) is 0. The van der Waals surface area contributed by atoms with Gasteiger partial charge < -0.3 is 5.32 Å². The van der Waals surface area contributed by atoms with Crippen molar-refractivity contribution in [3.05, 3.63) is 0 Å². The lowest BCUT2D eigenvalue weighted by molar-refractivity contribution is 0.162. The smallest absolute Gasteiger partial charge is 0.0385 e. The van der Waals surface area contributed by atoms with Crippen LogP contribution >= 0.6 is 22.9 Å². The van der Waals surface area contributed by atoms with Crippen LogP contribution in [-0.2, 0) is 0 Å². The van der Waals surface area contributed by atoms with E-state index >= 15 is 0 Å². The molecule has 0 amide bonds. The average molecular weight is 281 g/mol. The summed E-state index contributed by atoms with van der Waals surface area (Å²) in [6, 6.07) is 1.49. The third-order valence-corrected chi connectivity index (χ3v) is 3.92. The van der Waals surface area contributed by atoms with Crippen LogP contribution in [0.1, 0.15) is 6.42 Å². The Labute approximate surface area is 88.0 Å². The van der Waals surface area contributed by atoms with E-state index in [4.69, 9.17) is 0 Å². The molecule has 1 N–H and O–H groups in total. The molecule has 0 aromatic rings. The second-order valence-corrected chi connectivity index (χ2v) is 5.02. The van der Waals surface area contributed by atoms with Crippen molar-refractivity contribution in [1.82, 2.24) is 13.3 Å². The minimum Gasteiger partial charge on any atom is -0.315 e. The van der Waals surface area contributed by atoms with Crippen LogP contribution in [-0.4, -0.2) is 53.3 Å². The zero-order chi connectivity index (χ0) is 8.55. The molecule has 2 aliphatic heterocycles. The second-order valence-electron chi connectivity index (χ2n) is 3.66. The largest absolute Gasteiger partial charge is 0.315 e. The van der Waals surface area contributed by atoms with Gasteiger partial charge in [-0.05, 0) is 13.5 Å². The molecular weight excluding hydrogens is 265 g/mol. The maximum Gasteiger partial charge on any atom is 0.0385 e. The van der Waals surface area contributed by atoms with Crippen molar-refractivity contribution in [3.8, 4) is 0 Å². The van der Waals surface area contributed by atoms with Crippen LogP contribution in [0, 0.1) is 0 Å². The van der Waals surface area contributed by atoms with E-state index in [0.717, 1.165) is 12.1 Å². The van der Waals surface area contributed by atoms with Gasteiger partial charge in [0.25, 0.3) is 0 Å². The summed E-state index contributed by atoms with van der Waals surface area (Å²) in [5.41, 5.74) is 0. The van der Waals surface area contributed by atoms with Crippen molar-refractivity contribution >= 4 is 22.9 Å². The van der Waals surface area contributed by atoms with E-state index in [-0.39, 0.29) is 0 Å². The van der Waals surface area contributed by atoms with E-state index in [2.05, 4.69) is 43.2 Å². The minimum absolute atomic E-state index is 0.725. The number of rotatable bonds is 1. The molecule has 70 valence electrons. The fourth-order valence-electron chi connectivity index (χ4n) is 2.31. The maximum atomic E-state index is 3.41. The Balaban J connectivity index is 2.00. The number of piperazine rings is 1.